The van der Waals surface area contributed by atoms with Gasteiger partial charge in [0.05, 0.1) is 18.1 Å². The normalized spacial score (nSPS) is 15.6. The van der Waals surface area contributed by atoms with Crippen LogP contribution >= 0.6 is 0 Å². The van der Waals surface area contributed by atoms with Gasteiger partial charge in [-0.25, -0.2) is 9.97 Å². The van der Waals surface area contributed by atoms with Crippen LogP contribution in [-0.4, -0.2) is 83.9 Å². The quantitative estimate of drug-likeness (QED) is 0.197. The van der Waals surface area contributed by atoms with E-state index in [4.69, 9.17) is 9.97 Å². The summed E-state index contributed by atoms with van der Waals surface area (Å²) in [6, 6.07) is 24.3. The Labute approximate surface area is 251 Å². The molecule has 0 saturated carbocycles. The topological polar surface area (TPSA) is 56.8 Å². The highest BCUT2D eigenvalue weighted by Gasteiger charge is 2.31. The first-order chi connectivity index (χ1) is 20.8. The van der Waals surface area contributed by atoms with Crippen LogP contribution in [0.4, 0.5) is 19.0 Å². The summed E-state index contributed by atoms with van der Waals surface area (Å²) in [6.07, 6.45) is -3.69. The highest BCUT2D eigenvalue weighted by Crippen LogP contribution is 2.32. The van der Waals surface area contributed by atoms with Gasteiger partial charge in [-0.05, 0) is 62.0 Å². The van der Waals surface area contributed by atoms with Gasteiger partial charge in [0.2, 0.25) is 0 Å². The van der Waals surface area contributed by atoms with E-state index in [9.17, 15) is 13.2 Å². The van der Waals surface area contributed by atoms with E-state index in [1.165, 1.54) is 12.1 Å². The van der Waals surface area contributed by atoms with Crippen LogP contribution in [0.1, 0.15) is 36.3 Å². The molecule has 228 valence electrons. The molecule has 3 aromatic carbocycles. The van der Waals surface area contributed by atoms with Gasteiger partial charge in [-0.1, -0.05) is 61.5 Å². The predicted octanol–water partition coefficient (Wildman–Crippen LogP) is 6.19. The second-order valence-corrected chi connectivity index (χ2v) is 10.9. The van der Waals surface area contributed by atoms with Gasteiger partial charge in [-0.3, -0.25) is 9.80 Å². The highest BCUT2D eigenvalue weighted by molar-refractivity contribution is 5.88. The third-order valence-corrected chi connectivity index (χ3v) is 7.88. The Balaban J connectivity index is 1.26. The van der Waals surface area contributed by atoms with Crippen LogP contribution in [0.25, 0.3) is 10.9 Å². The van der Waals surface area contributed by atoms with Gasteiger partial charge in [0, 0.05) is 38.1 Å². The van der Waals surface area contributed by atoms with Crippen molar-refractivity contribution in [1.82, 2.24) is 24.7 Å². The van der Waals surface area contributed by atoms with Crippen molar-refractivity contribution in [3.8, 4) is 5.75 Å². The molecule has 0 bridgehead atoms. The lowest BCUT2D eigenvalue weighted by molar-refractivity contribution is -0.274. The summed E-state index contributed by atoms with van der Waals surface area (Å²) in [6.45, 7) is 8.94. The molecule has 0 radical (unpaired) electrons. The molecule has 5 rings (SSSR count). The van der Waals surface area contributed by atoms with E-state index in [0.29, 0.717) is 6.54 Å². The third-order valence-electron chi connectivity index (χ3n) is 7.88. The summed E-state index contributed by atoms with van der Waals surface area (Å²) < 4.78 is 42.2. The summed E-state index contributed by atoms with van der Waals surface area (Å²) in [7, 11) is 2.13. The van der Waals surface area contributed by atoms with E-state index in [1.54, 1.807) is 12.1 Å². The number of hydrogen-bond acceptors (Lipinski definition) is 7. The molecular weight excluding hydrogens is 553 g/mol. The number of nitrogens with zero attached hydrogens (tertiary/aromatic N) is 5. The van der Waals surface area contributed by atoms with Crippen LogP contribution in [-0.2, 0) is 6.54 Å². The van der Waals surface area contributed by atoms with E-state index in [2.05, 4.69) is 56.9 Å². The summed E-state index contributed by atoms with van der Waals surface area (Å²) in [5.74, 6) is 1.45. The molecule has 4 aromatic rings. The predicted molar refractivity (Wildman–Crippen MR) is 164 cm³/mol. The monoisotopic (exact) mass is 592 g/mol. The molecule has 1 fully saturated rings. The largest absolute Gasteiger partial charge is 0.573 e. The van der Waals surface area contributed by atoms with Gasteiger partial charge < -0.3 is 15.0 Å². The van der Waals surface area contributed by atoms with Crippen molar-refractivity contribution in [3.05, 3.63) is 95.8 Å². The number of alkyl halides is 3. The first-order valence-corrected chi connectivity index (χ1v) is 14.8. The van der Waals surface area contributed by atoms with Crippen LogP contribution < -0.4 is 10.1 Å². The van der Waals surface area contributed by atoms with E-state index in [0.717, 1.165) is 85.9 Å². The maximum absolute atomic E-state index is 12.7. The minimum Gasteiger partial charge on any atom is -0.406 e. The van der Waals surface area contributed by atoms with Crippen molar-refractivity contribution in [3.63, 3.8) is 0 Å². The number of hydrogen-bond donors (Lipinski definition) is 1. The van der Waals surface area contributed by atoms with E-state index in [1.807, 2.05) is 36.4 Å². The molecule has 0 aliphatic carbocycles. The molecule has 0 spiro atoms. The van der Waals surface area contributed by atoms with Crippen molar-refractivity contribution in [2.24, 2.45) is 0 Å². The molecule has 1 unspecified atom stereocenters. The Kier molecular flexibility index (Phi) is 10.1. The Morgan fingerprint density at radius 3 is 2.26 bits per heavy atom. The standard InChI is InChI=1S/C33H39F3N6O/c1-3-40(2)19-9-18-37-32-28-12-7-8-13-29(28)38-30(39-32)24-41-20-22-42(23-21-41)31(25-10-5-4-6-11-25)26-14-16-27(17-15-26)43-33(34,35)36/h4-8,10-17,31H,3,9,18-24H2,1-2H3,(H,37,38,39). The number of para-hydroxylation sites is 1. The minimum atomic E-state index is -4.71. The number of piperazine rings is 1. The fraction of sp³-hybridized carbons (Fsp3) is 0.394. The first-order valence-electron chi connectivity index (χ1n) is 14.8. The summed E-state index contributed by atoms with van der Waals surface area (Å²) in [5.41, 5.74) is 2.95. The Morgan fingerprint density at radius 2 is 1.56 bits per heavy atom. The number of halogens is 3. The zero-order chi connectivity index (χ0) is 30.2. The average Bonchev–Trinajstić information content (AvgIpc) is 3.01. The van der Waals surface area contributed by atoms with Gasteiger partial charge >= 0.3 is 6.36 Å². The second-order valence-electron chi connectivity index (χ2n) is 10.9. The number of nitrogens with one attached hydrogen (secondary N) is 1. The van der Waals surface area contributed by atoms with Crippen LogP contribution in [0, 0.1) is 0 Å². The lowest BCUT2D eigenvalue weighted by atomic mass is 9.96. The van der Waals surface area contributed by atoms with Gasteiger partial charge in [-0.15, -0.1) is 13.2 Å². The molecular formula is C33H39F3N6O. The van der Waals surface area contributed by atoms with Crippen molar-refractivity contribution in [2.75, 3.05) is 58.2 Å². The Hall–Kier alpha value is -3.73. The molecule has 7 nitrogen and oxygen atoms in total. The number of benzene rings is 3. The maximum atomic E-state index is 12.7. The Morgan fingerprint density at radius 1 is 0.884 bits per heavy atom. The lowest BCUT2D eigenvalue weighted by Crippen LogP contribution is -2.47. The maximum Gasteiger partial charge on any atom is 0.573 e. The first kappa shape index (κ1) is 30.7. The fourth-order valence-electron chi connectivity index (χ4n) is 5.52. The van der Waals surface area contributed by atoms with Crippen LogP contribution in [0.5, 0.6) is 5.75 Å². The summed E-state index contributed by atoms with van der Waals surface area (Å²) in [4.78, 5) is 16.8. The molecule has 1 aliphatic heterocycles. The summed E-state index contributed by atoms with van der Waals surface area (Å²) >= 11 is 0. The lowest BCUT2D eigenvalue weighted by Gasteiger charge is -2.39. The fourth-order valence-corrected chi connectivity index (χ4v) is 5.52. The summed E-state index contributed by atoms with van der Waals surface area (Å²) in [5, 5.41) is 4.57. The molecule has 0 amide bonds. The third kappa shape index (κ3) is 8.43. The molecule has 1 N–H and O–H groups in total. The van der Waals surface area contributed by atoms with E-state index < -0.39 is 6.36 Å². The second kappa shape index (κ2) is 14.2. The Bertz CT molecular complexity index is 1440. The number of ether oxygens (including phenoxy) is 1. The van der Waals surface area contributed by atoms with E-state index in [-0.39, 0.29) is 11.8 Å². The highest BCUT2D eigenvalue weighted by atomic mass is 19.4. The zero-order valence-corrected chi connectivity index (χ0v) is 24.7. The molecule has 1 saturated heterocycles. The smallest absolute Gasteiger partial charge is 0.406 e. The van der Waals surface area contributed by atoms with E-state index >= 15 is 0 Å². The van der Waals surface area contributed by atoms with Crippen molar-refractivity contribution < 1.29 is 17.9 Å². The molecule has 2 heterocycles. The van der Waals surface area contributed by atoms with Crippen LogP contribution in [0.3, 0.4) is 0 Å². The van der Waals surface area contributed by atoms with Gasteiger partial charge in [0.15, 0.2) is 0 Å². The van der Waals surface area contributed by atoms with Crippen molar-refractivity contribution in [2.45, 2.75) is 32.3 Å². The van der Waals surface area contributed by atoms with Crippen molar-refractivity contribution >= 4 is 16.7 Å². The van der Waals surface area contributed by atoms with Crippen LogP contribution in [0.2, 0.25) is 0 Å². The number of rotatable bonds is 12. The molecule has 43 heavy (non-hydrogen) atoms. The van der Waals surface area contributed by atoms with Gasteiger partial charge in [-0.2, -0.15) is 0 Å². The van der Waals surface area contributed by atoms with Crippen LogP contribution in [0.15, 0.2) is 78.9 Å². The molecule has 1 aromatic heterocycles. The SMILES string of the molecule is CCN(C)CCCNc1nc(CN2CCN(C(c3ccccc3)c3ccc(OC(F)(F)F)cc3)CC2)nc2ccccc12. The zero-order valence-electron chi connectivity index (χ0n) is 24.7. The molecule has 10 heteroatoms. The number of fused-ring (bicyclic) bond motifs is 1. The van der Waals surface area contributed by atoms with Crippen molar-refractivity contribution in [1.29, 1.82) is 0 Å². The molecule has 1 aliphatic rings. The number of aromatic nitrogens is 2. The molecule has 1 atom stereocenters. The average molecular weight is 593 g/mol. The van der Waals surface area contributed by atoms with Gasteiger partial charge in [0.25, 0.3) is 0 Å². The number of anilines is 1. The minimum absolute atomic E-state index is 0.0808. The van der Waals surface area contributed by atoms with Gasteiger partial charge in [0.1, 0.15) is 17.4 Å².